The topological polar surface area (TPSA) is 67.8 Å². The van der Waals surface area contributed by atoms with E-state index in [1.54, 1.807) is 13.2 Å². The average Bonchev–Trinajstić information content (AvgIpc) is 2.61. The molecule has 0 aromatic carbocycles. The summed E-state index contributed by atoms with van der Waals surface area (Å²) in [6.07, 6.45) is 4.85. The number of pyridine rings is 1. The van der Waals surface area contributed by atoms with Gasteiger partial charge >= 0.3 is 0 Å². The maximum atomic E-state index is 5.76. The summed E-state index contributed by atoms with van der Waals surface area (Å²) in [5.41, 5.74) is 1.03. The smallest absolute Gasteiger partial charge is 0.218 e. The third kappa shape index (κ3) is 9.92. The molecule has 2 N–H and O–H groups in total. The van der Waals surface area contributed by atoms with Crippen LogP contribution in [-0.2, 0) is 11.3 Å². The minimum absolute atomic E-state index is 0.579. The molecule has 0 atom stereocenters. The first-order valence-corrected chi connectivity index (χ1v) is 9.26. The number of aromatic nitrogens is 1. The molecule has 1 aromatic heterocycles. The average molecular weight is 351 g/mol. The minimum Gasteiger partial charge on any atom is -0.477 e. The van der Waals surface area contributed by atoms with Gasteiger partial charge < -0.3 is 20.1 Å². The van der Waals surface area contributed by atoms with Gasteiger partial charge in [0.05, 0.1) is 6.61 Å². The van der Waals surface area contributed by atoms with Crippen molar-refractivity contribution in [2.24, 2.45) is 10.9 Å². The van der Waals surface area contributed by atoms with Crippen LogP contribution in [0.25, 0.3) is 0 Å². The van der Waals surface area contributed by atoms with Crippen LogP contribution in [0.1, 0.15) is 45.6 Å². The molecular weight excluding hydrogens is 316 g/mol. The summed E-state index contributed by atoms with van der Waals surface area (Å²) in [7, 11) is 1.77. The zero-order valence-electron chi connectivity index (χ0n) is 16.2. The van der Waals surface area contributed by atoms with Gasteiger partial charge in [-0.15, -0.1) is 0 Å². The molecule has 0 bridgehead atoms. The molecule has 1 rings (SSSR count). The quantitative estimate of drug-likeness (QED) is 0.345. The van der Waals surface area contributed by atoms with Crippen molar-refractivity contribution in [1.29, 1.82) is 0 Å². The van der Waals surface area contributed by atoms with Crippen LogP contribution < -0.4 is 15.4 Å². The summed E-state index contributed by atoms with van der Waals surface area (Å²) in [6, 6.07) is 3.94. The number of aliphatic imine (C=N–C) groups is 1. The zero-order chi connectivity index (χ0) is 18.3. The Kier molecular flexibility index (Phi) is 11.4. The number of guanidine groups is 1. The SMILES string of the molecule is CCCCOc1ncccc1CNC(=NC)NCCCOCC(C)C. The summed E-state index contributed by atoms with van der Waals surface area (Å²) < 4.78 is 11.3. The van der Waals surface area contributed by atoms with E-state index in [-0.39, 0.29) is 0 Å². The maximum Gasteiger partial charge on any atom is 0.218 e. The zero-order valence-corrected chi connectivity index (χ0v) is 16.2. The lowest BCUT2D eigenvalue weighted by atomic mass is 10.2. The monoisotopic (exact) mass is 350 g/mol. The van der Waals surface area contributed by atoms with E-state index in [2.05, 4.69) is 41.4 Å². The molecule has 0 fully saturated rings. The summed E-state index contributed by atoms with van der Waals surface area (Å²) in [4.78, 5) is 8.57. The van der Waals surface area contributed by atoms with E-state index >= 15 is 0 Å². The number of hydrogen-bond donors (Lipinski definition) is 2. The Morgan fingerprint density at radius 2 is 2.08 bits per heavy atom. The predicted molar refractivity (Wildman–Crippen MR) is 103 cm³/mol. The summed E-state index contributed by atoms with van der Waals surface area (Å²) in [5.74, 6) is 2.05. The minimum atomic E-state index is 0.579. The van der Waals surface area contributed by atoms with Crippen molar-refractivity contribution in [2.75, 3.05) is 33.4 Å². The highest BCUT2D eigenvalue weighted by Crippen LogP contribution is 2.14. The van der Waals surface area contributed by atoms with Crippen molar-refractivity contribution in [1.82, 2.24) is 15.6 Å². The third-order valence-corrected chi connectivity index (χ3v) is 3.47. The number of hydrogen-bond acceptors (Lipinski definition) is 4. The molecule has 1 aromatic rings. The Morgan fingerprint density at radius 1 is 1.24 bits per heavy atom. The highest BCUT2D eigenvalue weighted by Gasteiger charge is 2.06. The third-order valence-electron chi connectivity index (χ3n) is 3.47. The molecule has 0 radical (unpaired) electrons. The van der Waals surface area contributed by atoms with Gasteiger partial charge in [-0.1, -0.05) is 33.3 Å². The van der Waals surface area contributed by atoms with E-state index in [9.17, 15) is 0 Å². The fourth-order valence-corrected chi connectivity index (χ4v) is 2.10. The molecular formula is C19H34N4O2. The van der Waals surface area contributed by atoms with Crippen molar-refractivity contribution >= 4 is 5.96 Å². The van der Waals surface area contributed by atoms with Gasteiger partial charge in [0.2, 0.25) is 5.88 Å². The second-order valence-electron chi connectivity index (χ2n) is 6.34. The number of nitrogens with zero attached hydrogens (tertiary/aromatic N) is 2. The van der Waals surface area contributed by atoms with Crippen molar-refractivity contribution in [2.45, 2.75) is 46.6 Å². The molecule has 0 amide bonds. The second kappa shape index (κ2) is 13.5. The van der Waals surface area contributed by atoms with Gasteiger partial charge in [0.1, 0.15) is 0 Å². The van der Waals surface area contributed by atoms with E-state index < -0.39 is 0 Å². The molecule has 6 nitrogen and oxygen atoms in total. The van der Waals surface area contributed by atoms with Gasteiger partial charge in [-0.25, -0.2) is 4.98 Å². The van der Waals surface area contributed by atoms with E-state index in [0.717, 1.165) is 50.5 Å². The van der Waals surface area contributed by atoms with Crippen molar-refractivity contribution in [3.05, 3.63) is 23.9 Å². The Hall–Kier alpha value is -1.82. The highest BCUT2D eigenvalue weighted by molar-refractivity contribution is 5.79. The van der Waals surface area contributed by atoms with Gasteiger partial charge in [-0.3, -0.25) is 4.99 Å². The van der Waals surface area contributed by atoms with Crippen molar-refractivity contribution in [3.8, 4) is 5.88 Å². The van der Waals surface area contributed by atoms with Crippen molar-refractivity contribution < 1.29 is 9.47 Å². The molecule has 0 saturated carbocycles. The first-order chi connectivity index (χ1) is 12.2. The highest BCUT2D eigenvalue weighted by atomic mass is 16.5. The Labute approximate surface area is 152 Å². The standard InChI is InChI=1S/C19H34N4O2/c1-5-6-13-25-18-17(9-7-10-21-18)14-23-19(20-4)22-11-8-12-24-15-16(2)3/h7,9-10,16H,5-6,8,11-15H2,1-4H3,(H2,20,22,23). The molecule has 0 unspecified atom stereocenters. The molecule has 0 spiro atoms. The summed E-state index contributed by atoms with van der Waals surface area (Å²) in [6.45, 7) is 10.2. The maximum absolute atomic E-state index is 5.76. The van der Waals surface area contributed by atoms with Crippen LogP contribution >= 0.6 is 0 Å². The lowest BCUT2D eigenvalue weighted by Gasteiger charge is -2.14. The lowest BCUT2D eigenvalue weighted by Crippen LogP contribution is -2.37. The molecule has 25 heavy (non-hydrogen) atoms. The van der Waals surface area contributed by atoms with Gasteiger partial charge in [0.15, 0.2) is 5.96 Å². The van der Waals surface area contributed by atoms with Crippen molar-refractivity contribution in [3.63, 3.8) is 0 Å². The molecule has 0 aliphatic carbocycles. The molecule has 6 heteroatoms. The largest absolute Gasteiger partial charge is 0.477 e. The van der Waals surface area contributed by atoms with Gasteiger partial charge in [-0.2, -0.15) is 0 Å². The van der Waals surface area contributed by atoms with Crippen LogP contribution in [0.5, 0.6) is 5.88 Å². The normalized spacial score (nSPS) is 11.6. The Balaban J connectivity index is 2.32. The van der Waals surface area contributed by atoms with Crippen LogP contribution in [0, 0.1) is 5.92 Å². The first kappa shape index (κ1) is 21.2. The van der Waals surface area contributed by atoms with Crippen LogP contribution in [-0.4, -0.2) is 44.4 Å². The first-order valence-electron chi connectivity index (χ1n) is 9.26. The van der Waals surface area contributed by atoms with E-state index in [4.69, 9.17) is 9.47 Å². The van der Waals surface area contributed by atoms with E-state index in [1.165, 1.54) is 0 Å². The molecule has 142 valence electrons. The van der Waals surface area contributed by atoms with E-state index in [1.807, 2.05) is 12.1 Å². The molecule has 1 heterocycles. The molecule has 0 aliphatic heterocycles. The molecule has 0 saturated heterocycles. The van der Waals surface area contributed by atoms with Gasteiger partial charge in [-0.05, 0) is 24.8 Å². The molecule has 0 aliphatic rings. The Morgan fingerprint density at radius 3 is 2.80 bits per heavy atom. The van der Waals surface area contributed by atoms with E-state index in [0.29, 0.717) is 24.9 Å². The van der Waals surface area contributed by atoms with Gasteiger partial charge in [0, 0.05) is 45.1 Å². The van der Waals surface area contributed by atoms with Crippen LogP contribution in [0.15, 0.2) is 23.3 Å². The van der Waals surface area contributed by atoms with Crippen LogP contribution in [0.4, 0.5) is 0 Å². The lowest BCUT2D eigenvalue weighted by molar-refractivity contribution is 0.108. The van der Waals surface area contributed by atoms with Crippen LogP contribution in [0.2, 0.25) is 0 Å². The fraction of sp³-hybridized carbons (Fsp3) is 0.684. The number of unbranched alkanes of at least 4 members (excludes halogenated alkanes) is 1. The second-order valence-corrected chi connectivity index (χ2v) is 6.34. The van der Waals surface area contributed by atoms with Gasteiger partial charge in [0.25, 0.3) is 0 Å². The predicted octanol–water partition coefficient (Wildman–Crippen LogP) is 2.99. The number of rotatable bonds is 12. The fourth-order valence-electron chi connectivity index (χ4n) is 2.10. The van der Waals surface area contributed by atoms with Crippen LogP contribution in [0.3, 0.4) is 0 Å². The summed E-state index contributed by atoms with van der Waals surface area (Å²) >= 11 is 0. The Bertz CT molecular complexity index is 492. The summed E-state index contributed by atoms with van der Waals surface area (Å²) in [5, 5.41) is 6.60. The number of nitrogens with one attached hydrogen (secondary N) is 2. The number of ether oxygens (including phenoxy) is 2.